The summed E-state index contributed by atoms with van der Waals surface area (Å²) in [5.41, 5.74) is 0.663. The van der Waals surface area contributed by atoms with E-state index in [4.69, 9.17) is 0 Å². The lowest BCUT2D eigenvalue weighted by atomic mass is 9.80. The van der Waals surface area contributed by atoms with E-state index in [1.807, 2.05) is 0 Å². The number of alkyl halides is 3. The van der Waals surface area contributed by atoms with E-state index in [9.17, 15) is 22.8 Å². The number of halogens is 3. The Labute approximate surface area is 130 Å². The number of carbonyl (C=O) groups excluding carboxylic acids is 2. The zero-order valence-corrected chi connectivity index (χ0v) is 12.5. The third-order valence-electron chi connectivity index (χ3n) is 4.62. The number of methoxy groups -OCH3 is 1. The van der Waals surface area contributed by atoms with Gasteiger partial charge in [-0.1, -0.05) is 25.1 Å². The van der Waals surface area contributed by atoms with Crippen LogP contribution in [-0.2, 0) is 19.7 Å². The highest BCUT2D eigenvalue weighted by molar-refractivity contribution is 5.90. The minimum Gasteiger partial charge on any atom is -0.467 e. The van der Waals surface area contributed by atoms with E-state index in [2.05, 4.69) is 10.1 Å². The van der Waals surface area contributed by atoms with Gasteiger partial charge in [-0.15, -0.1) is 0 Å². The number of likely N-dealkylation sites (tertiary alicyclic amines) is 1. The fraction of sp³-hybridized carbons (Fsp3) is 0.467. The molecule has 0 bridgehead atoms. The second kappa shape index (κ2) is 4.87. The van der Waals surface area contributed by atoms with Gasteiger partial charge in [0, 0.05) is 11.1 Å². The molecule has 0 aromatic heterocycles. The molecule has 124 valence electrons. The molecule has 1 amide bonds. The largest absolute Gasteiger partial charge is 0.471 e. The van der Waals surface area contributed by atoms with Gasteiger partial charge in [-0.05, 0) is 18.1 Å². The standard InChI is InChI=1S/C15H15F3N2O3/c1-14-7-10(11(21)23-2)20(13(22)15(16,17)18)12(14)19-9-6-4-3-5-8(9)14/h3-6,10,12,19H,7H2,1-2H3/t10-,12+,14+/m1/s1. The van der Waals surface area contributed by atoms with Crippen molar-refractivity contribution in [3.63, 3.8) is 0 Å². The molecule has 1 saturated heterocycles. The van der Waals surface area contributed by atoms with Crippen LogP contribution in [0.15, 0.2) is 24.3 Å². The van der Waals surface area contributed by atoms with Crippen LogP contribution < -0.4 is 5.32 Å². The number of hydrogen-bond acceptors (Lipinski definition) is 4. The Bertz CT molecular complexity index is 676. The smallest absolute Gasteiger partial charge is 0.467 e. The summed E-state index contributed by atoms with van der Waals surface area (Å²) < 4.78 is 43.5. The van der Waals surface area contributed by atoms with Crippen LogP contribution in [0.25, 0.3) is 0 Å². The molecule has 1 N–H and O–H groups in total. The van der Waals surface area contributed by atoms with Gasteiger partial charge in [0.25, 0.3) is 0 Å². The minimum atomic E-state index is -5.06. The van der Waals surface area contributed by atoms with Crippen LogP contribution in [0, 0.1) is 0 Å². The van der Waals surface area contributed by atoms with Crippen LogP contribution >= 0.6 is 0 Å². The molecule has 2 aliphatic rings. The first-order valence-electron chi connectivity index (χ1n) is 7.03. The second-order valence-electron chi connectivity index (χ2n) is 5.96. The molecular formula is C15H15F3N2O3. The molecule has 2 aliphatic heterocycles. The molecule has 0 unspecified atom stereocenters. The van der Waals surface area contributed by atoms with Gasteiger partial charge in [0.2, 0.25) is 0 Å². The van der Waals surface area contributed by atoms with Gasteiger partial charge < -0.3 is 10.1 Å². The summed E-state index contributed by atoms with van der Waals surface area (Å²) in [6, 6.07) is 5.78. The van der Waals surface area contributed by atoms with E-state index in [-0.39, 0.29) is 6.42 Å². The zero-order chi connectivity index (χ0) is 17.0. The molecule has 3 atom stereocenters. The van der Waals surface area contributed by atoms with Crippen LogP contribution in [0.3, 0.4) is 0 Å². The molecule has 0 spiro atoms. The van der Waals surface area contributed by atoms with Gasteiger partial charge in [0.05, 0.1) is 7.11 Å². The molecule has 0 saturated carbocycles. The molecule has 8 heteroatoms. The number of nitrogens with zero attached hydrogens (tertiary/aromatic N) is 1. The van der Waals surface area contributed by atoms with Crippen LogP contribution in [0.2, 0.25) is 0 Å². The summed E-state index contributed by atoms with van der Waals surface area (Å²) in [7, 11) is 1.09. The molecule has 1 fully saturated rings. The topological polar surface area (TPSA) is 58.6 Å². The molecule has 1 aromatic rings. The maximum absolute atomic E-state index is 13.0. The van der Waals surface area contributed by atoms with Crippen molar-refractivity contribution in [1.82, 2.24) is 4.90 Å². The summed E-state index contributed by atoms with van der Waals surface area (Å²) >= 11 is 0. The number of benzene rings is 1. The molecule has 5 nitrogen and oxygen atoms in total. The molecular weight excluding hydrogens is 313 g/mol. The van der Waals surface area contributed by atoms with Crippen LogP contribution in [0.4, 0.5) is 18.9 Å². The molecule has 23 heavy (non-hydrogen) atoms. The number of ether oxygens (including phenoxy) is 1. The fourth-order valence-corrected chi connectivity index (χ4v) is 3.58. The number of para-hydroxylation sites is 1. The van der Waals surface area contributed by atoms with E-state index >= 15 is 0 Å². The predicted molar refractivity (Wildman–Crippen MR) is 74.5 cm³/mol. The average Bonchev–Trinajstić information content (AvgIpc) is 2.94. The predicted octanol–water partition coefficient (Wildman–Crippen LogP) is 2.03. The number of hydrogen-bond donors (Lipinski definition) is 1. The highest BCUT2D eigenvalue weighted by Gasteiger charge is 2.62. The maximum Gasteiger partial charge on any atom is 0.471 e. The Balaban J connectivity index is 2.07. The third kappa shape index (κ3) is 2.15. The number of rotatable bonds is 1. The summed E-state index contributed by atoms with van der Waals surface area (Å²) in [6.45, 7) is 1.75. The fourth-order valence-electron chi connectivity index (χ4n) is 3.58. The van der Waals surface area contributed by atoms with Gasteiger partial charge >= 0.3 is 18.1 Å². The Hall–Kier alpha value is -2.25. The van der Waals surface area contributed by atoms with Crippen molar-refractivity contribution in [2.24, 2.45) is 0 Å². The minimum absolute atomic E-state index is 0.0656. The third-order valence-corrected chi connectivity index (χ3v) is 4.62. The van der Waals surface area contributed by atoms with Gasteiger partial charge in [0.1, 0.15) is 12.2 Å². The molecule has 0 radical (unpaired) electrons. The van der Waals surface area contributed by atoms with Crippen molar-refractivity contribution in [3.05, 3.63) is 29.8 Å². The highest BCUT2D eigenvalue weighted by Crippen LogP contribution is 2.51. The molecule has 0 aliphatic carbocycles. The Kier molecular flexibility index (Phi) is 3.31. The first kappa shape index (κ1) is 15.6. The molecule has 2 heterocycles. The van der Waals surface area contributed by atoms with Gasteiger partial charge in [-0.25, -0.2) is 4.79 Å². The van der Waals surface area contributed by atoms with E-state index in [1.54, 1.807) is 31.2 Å². The lowest BCUT2D eigenvalue weighted by molar-refractivity contribution is -0.190. The van der Waals surface area contributed by atoms with Crippen molar-refractivity contribution in [1.29, 1.82) is 0 Å². The highest BCUT2D eigenvalue weighted by atomic mass is 19.4. The normalized spacial score (nSPS) is 28.8. The van der Waals surface area contributed by atoms with E-state index in [1.165, 1.54) is 0 Å². The number of nitrogens with one attached hydrogen (secondary N) is 1. The molecule has 3 rings (SSSR count). The zero-order valence-electron chi connectivity index (χ0n) is 12.5. The summed E-state index contributed by atoms with van der Waals surface area (Å²) in [5.74, 6) is -2.89. The quantitative estimate of drug-likeness (QED) is 0.802. The van der Waals surface area contributed by atoms with Crippen molar-refractivity contribution in [3.8, 4) is 0 Å². The first-order chi connectivity index (χ1) is 10.7. The lowest BCUT2D eigenvalue weighted by Crippen LogP contribution is -2.54. The Morgan fingerprint density at radius 2 is 2.00 bits per heavy atom. The monoisotopic (exact) mass is 328 g/mol. The van der Waals surface area contributed by atoms with Crippen LogP contribution in [0.1, 0.15) is 18.9 Å². The first-order valence-corrected chi connectivity index (χ1v) is 7.03. The van der Waals surface area contributed by atoms with Crippen molar-refractivity contribution in [2.45, 2.75) is 37.1 Å². The summed E-state index contributed by atoms with van der Waals surface area (Å²) in [5, 5.41) is 2.95. The number of carbonyl (C=O) groups is 2. The number of esters is 1. The van der Waals surface area contributed by atoms with E-state index in [0.29, 0.717) is 10.6 Å². The van der Waals surface area contributed by atoms with E-state index < -0.39 is 35.7 Å². The molecule has 1 aromatic carbocycles. The number of amides is 1. The summed E-state index contributed by atoms with van der Waals surface area (Å²) in [6.07, 6.45) is -5.94. The van der Waals surface area contributed by atoms with Crippen molar-refractivity contribution in [2.75, 3.05) is 12.4 Å². The number of fused-ring (bicyclic) bond motifs is 3. The number of anilines is 1. The van der Waals surface area contributed by atoms with Gasteiger partial charge in [-0.3, -0.25) is 9.69 Å². The maximum atomic E-state index is 13.0. The lowest BCUT2D eigenvalue weighted by Gasteiger charge is -2.31. The van der Waals surface area contributed by atoms with Gasteiger partial charge in [0.15, 0.2) is 0 Å². The Morgan fingerprint density at radius 3 is 2.61 bits per heavy atom. The SMILES string of the molecule is COC(=O)[C@H]1C[C@@]2(C)c3ccccc3N[C@H]2N1C(=O)C(F)(F)F. The van der Waals surface area contributed by atoms with Crippen LogP contribution in [0.5, 0.6) is 0 Å². The average molecular weight is 328 g/mol. The second-order valence-corrected chi connectivity index (χ2v) is 5.96. The van der Waals surface area contributed by atoms with Crippen molar-refractivity contribution < 1.29 is 27.5 Å². The van der Waals surface area contributed by atoms with E-state index in [0.717, 1.165) is 12.7 Å². The Morgan fingerprint density at radius 1 is 1.35 bits per heavy atom. The van der Waals surface area contributed by atoms with Crippen LogP contribution in [-0.4, -0.2) is 42.3 Å². The van der Waals surface area contributed by atoms with Gasteiger partial charge in [-0.2, -0.15) is 13.2 Å². The summed E-state index contributed by atoms with van der Waals surface area (Å²) in [4.78, 5) is 24.4. The van der Waals surface area contributed by atoms with Crippen molar-refractivity contribution >= 4 is 17.6 Å².